The van der Waals surface area contributed by atoms with Gasteiger partial charge in [-0.2, -0.15) is 4.31 Å². The first-order valence-corrected chi connectivity index (χ1v) is 13.8. The second-order valence-electron chi connectivity index (χ2n) is 9.95. The Morgan fingerprint density at radius 3 is 2.28 bits per heavy atom. The van der Waals surface area contributed by atoms with Crippen molar-refractivity contribution in [1.29, 1.82) is 0 Å². The molecule has 2 heterocycles. The van der Waals surface area contributed by atoms with Crippen molar-refractivity contribution in [2.75, 3.05) is 44.7 Å². The third-order valence-corrected chi connectivity index (χ3v) is 8.48. The number of halogens is 1. The van der Waals surface area contributed by atoms with E-state index >= 15 is 0 Å². The van der Waals surface area contributed by atoms with Crippen LogP contribution in [0.1, 0.15) is 31.4 Å². The van der Waals surface area contributed by atoms with Gasteiger partial charge < -0.3 is 14.3 Å². The van der Waals surface area contributed by atoms with Crippen molar-refractivity contribution < 1.29 is 17.3 Å². The van der Waals surface area contributed by atoms with Gasteiger partial charge in [0.15, 0.2) is 0 Å². The molecule has 36 heavy (non-hydrogen) atoms. The highest BCUT2D eigenvalue weighted by molar-refractivity contribution is 7.89. The maximum Gasteiger partial charge on any atom is 0.243 e. The zero-order chi connectivity index (χ0) is 25.9. The molecule has 0 unspecified atom stereocenters. The van der Waals surface area contributed by atoms with Crippen molar-refractivity contribution in [2.45, 2.75) is 38.6 Å². The maximum atomic E-state index is 13.8. The standard InChI is InChI=1S/C27H35FN4O3S/c1-20(2)13-14-32(36(33,34)24-11-5-21(3)6-12-24)19-25-26(22-7-9-23(28)10-8-22)29-35-27(25)31-17-15-30(4)16-18-31/h5-12,20H,13-19H2,1-4H3. The Hall–Kier alpha value is -2.75. The van der Waals surface area contributed by atoms with Gasteiger partial charge in [0, 0.05) is 44.8 Å². The van der Waals surface area contributed by atoms with Crippen molar-refractivity contribution >= 4 is 15.9 Å². The number of sulfonamides is 1. The fourth-order valence-electron chi connectivity index (χ4n) is 4.26. The van der Waals surface area contributed by atoms with Gasteiger partial charge in [-0.3, -0.25) is 0 Å². The van der Waals surface area contributed by atoms with Gasteiger partial charge in [-0.05, 0) is 62.7 Å². The molecule has 0 bridgehead atoms. The summed E-state index contributed by atoms with van der Waals surface area (Å²) in [7, 11) is -1.70. The van der Waals surface area contributed by atoms with E-state index in [1.54, 1.807) is 24.3 Å². The van der Waals surface area contributed by atoms with E-state index in [0.29, 0.717) is 41.6 Å². The van der Waals surface area contributed by atoms with Crippen LogP contribution in [0.25, 0.3) is 11.3 Å². The first-order valence-electron chi connectivity index (χ1n) is 12.4. The minimum Gasteiger partial charge on any atom is -0.338 e. The highest BCUT2D eigenvalue weighted by atomic mass is 32.2. The molecule has 2 aromatic carbocycles. The average Bonchev–Trinajstić information content (AvgIpc) is 3.26. The molecule has 3 aromatic rings. The number of benzene rings is 2. The van der Waals surface area contributed by atoms with E-state index in [0.717, 1.165) is 31.7 Å². The molecular weight excluding hydrogens is 479 g/mol. The molecule has 0 spiro atoms. The van der Waals surface area contributed by atoms with Crippen molar-refractivity contribution in [3.63, 3.8) is 0 Å². The Morgan fingerprint density at radius 2 is 1.67 bits per heavy atom. The van der Waals surface area contributed by atoms with Gasteiger partial charge >= 0.3 is 0 Å². The average molecular weight is 515 g/mol. The molecule has 0 radical (unpaired) electrons. The molecule has 0 saturated carbocycles. The molecule has 0 atom stereocenters. The van der Waals surface area contributed by atoms with E-state index in [4.69, 9.17) is 4.52 Å². The Bertz CT molecular complexity index is 1250. The van der Waals surface area contributed by atoms with Gasteiger partial charge in [0.1, 0.15) is 11.5 Å². The molecule has 1 aliphatic heterocycles. The number of anilines is 1. The summed E-state index contributed by atoms with van der Waals surface area (Å²) in [6.07, 6.45) is 0.714. The van der Waals surface area contributed by atoms with Gasteiger partial charge in [-0.1, -0.05) is 36.7 Å². The van der Waals surface area contributed by atoms with Crippen LogP contribution >= 0.6 is 0 Å². The number of piperazine rings is 1. The lowest BCUT2D eigenvalue weighted by molar-refractivity contribution is 0.299. The molecule has 4 rings (SSSR count). The van der Waals surface area contributed by atoms with Crippen LogP contribution in [0.2, 0.25) is 0 Å². The van der Waals surface area contributed by atoms with Crippen molar-refractivity contribution in [2.24, 2.45) is 5.92 Å². The summed E-state index contributed by atoms with van der Waals surface area (Å²) >= 11 is 0. The largest absolute Gasteiger partial charge is 0.338 e. The predicted octanol–water partition coefficient (Wildman–Crippen LogP) is 4.78. The molecular formula is C27H35FN4O3S. The second-order valence-corrected chi connectivity index (χ2v) is 11.9. The lowest BCUT2D eigenvalue weighted by Crippen LogP contribution is -2.45. The van der Waals surface area contributed by atoms with E-state index in [9.17, 15) is 12.8 Å². The molecule has 1 aromatic heterocycles. The number of hydrogen-bond donors (Lipinski definition) is 0. The molecule has 1 saturated heterocycles. The third kappa shape index (κ3) is 5.96. The number of hydrogen-bond acceptors (Lipinski definition) is 6. The van der Waals surface area contributed by atoms with Gasteiger partial charge in [0.2, 0.25) is 15.9 Å². The zero-order valence-electron chi connectivity index (χ0n) is 21.4. The van der Waals surface area contributed by atoms with E-state index in [2.05, 4.69) is 35.9 Å². The Morgan fingerprint density at radius 1 is 1.03 bits per heavy atom. The SMILES string of the molecule is Cc1ccc(S(=O)(=O)N(CCC(C)C)Cc2c(-c3ccc(F)cc3)noc2N2CCN(C)CC2)cc1. The minimum absolute atomic E-state index is 0.112. The summed E-state index contributed by atoms with van der Waals surface area (Å²) in [6.45, 7) is 9.80. The van der Waals surface area contributed by atoms with E-state index in [1.165, 1.54) is 16.4 Å². The number of nitrogens with zero attached hydrogens (tertiary/aromatic N) is 4. The monoisotopic (exact) mass is 514 g/mol. The van der Waals surface area contributed by atoms with Crippen LogP contribution in [0.3, 0.4) is 0 Å². The summed E-state index contributed by atoms with van der Waals surface area (Å²) in [4.78, 5) is 4.62. The van der Waals surface area contributed by atoms with Crippen molar-refractivity contribution in [3.8, 4) is 11.3 Å². The number of aryl methyl sites for hydroxylation is 1. The second kappa shape index (κ2) is 11.1. The van der Waals surface area contributed by atoms with Crippen LogP contribution in [0, 0.1) is 18.7 Å². The van der Waals surface area contributed by atoms with Gasteiger partial charge in [0.25, 0.3) is 0 Å². The summed E-state index contributed by atoms with van der Waals surface area (Å²) in [5, 5.41) is 4.35. The summed E-state index contributed by atoms with van der Waals surface area (Å²) in [6, 6.07) is 13.0. The molecule has 1 fully saturated rings. The van der Waals surface area contributed by atoms with Crippen LogP contribution in [0.4, 0.5) is 10.3 Å². The van der Waals surface area contributed by atoms with Crippen LogP contribution in [0.5, 0.6) is 0 Å². The molecule has 0 aliphatic carbocycles. The van der Waals surface area contributed by atoms with Gasteiger partial charge in [-0.25, -0.2) is 12.8 Å². The fraction of sp³-hybridized carbons (Fsp3) is 0.444. The molecule has 9 heteroatoms. The van der Waals surface area contributed by atoms with Crippen LogP contribution in [0.15, 0.2) is 57.9 Å². The first-order chi connectivity index (χ1) is 17.1. The molecule has 1 aliphatic rings. The highest BCUT2D eigenvalue weighted by Gasteiger charge is 2.31. The highest BCUT2D eigenvalue weighted by Crippen LogP contribution is 2.34. The van der Waals surface area contributed by atoms with E-state index < -0.39 is 10.0 Å². The molecule has 7 nitrogen and oxygen atoms in total. The summed E-state index contributed by atoms with van der Waals surface area (Å²) in [5.74, 6) is 0.566. The van der Waals surface area contributed by atoms with E-state index in [1.807, 2.05) is 19.1 Å². The molecule has 0 amide bonds. The van der Waals surface area contributed by atoms with Crippen molar-refractivity contribution in [3.05, 3.63) is 65.5 Å². The van der Waals surface area contributed by atoms with Crippen LogP contribution in [-0.4, -0.2) is 62.6 Å². The Kier molecular flexibility index (Phi) is 8.12. The number of likely N-dealkylation sites (N-methyl/N-ethyl adjacent to an activating group) is 1. The van der Waals surface area contributed by atoms with Crippen LogP contribution < -0.4 is 4.90 Å². The number of rotatable bonds is 9. The quantitative estimate of drug-likeness (QED) is 0.409. The molecule has 194 valence electrons. The summed E-state index contributed by atoms with van der Waals surface area (Å²) < 4.78 is 48.7. The lowest BCUT2D eigenvalue weighted by atomic mass is 10.1. The first kappa shape index (κ1) is 26.3. The van der Waals surface area contributed by atoms with E-state index in [-0.39, 0.29) is 17.3 Å². The zero-order valence-corrected chi connectivity index (χ0v) is 22.3. The maximum absolute atomic E-state index is 13.8. The van der Waals surface area contributed by atoms with Crippen LogP contribution in [-0.2, 0) is 16.6 Å². The number of aromatic nitrogens is 1. The lowest BCUT2D eigenvalue weighted by Gasteiger charge is -2.33. The molecule has 0 N–H and O–H groups in total. The third-order valence-electron chi connectivity index (χ3n) is 6.62. The summed E-state index contributed by atoms with van der Waals surface area (Å²) in [5.41, 5.74) is 2.92. The minimum atomic E-state index is -3.77. The van der Waals surface area contributed by atoms with Gasteiger partial charge in [0.05, 0.1) is 10.5 Å². The van der Waals surface area contributed by atoms with Crippen molar-refractivity contribution in [1.82, 2.24) is 14.4 Å². The smallest absolute Gasteiger partial charge is 0.243 e. The Labute approximate surface area is 213 Å². The Balaban J connectivity index is 1.76. The topological polar surface area (TPSA) is 69.9 Å². The van der Waals surface area contributed by atoms with Gasteiger partial charge in [-0.15, -0.1) is 0 Å². The normalized spacial score (nSPS) is 15.2. The predicted molar refractivity (Wildman–Crippen MR) is 140 cm³/mol. The fourth-order valence-corrected chi connectivity index (χ4v) is 5.68.